The van der Waals surface area contributed by atoms with Gasteiger partial charge < -0.3 is 30.1 Å². The van der Waals surface area contributed by atoms with Gasteiger partial charge in [0, 0.05) is 62.3 Å². The van der Waals surface area contributed by atoms with Crippen molar-refractivity contribution in [2.75, 3.05) is 39.5 Å². The van der Waals surface area contributed by atoms with Crippen molar-refractivity contribution in [3.8, 4) is 0 Å². The number of aliphatic hydroxyl groups is 4. The SMILES string of the molecule is CC(=O)OCCCCN(CCCCCCO)CCCCCCO.CCCCCCCCC(O)CCCCCC.CCCCCCCCC(O)CCCCCC.[W].[W]. The van der Waals surface area contributed by atoms with Crippen LogP contribution in [0, 0.1) is 0 Å². The van der Waals surface area contributed by atoms with E-state index in [1.165, 1.54) is 161 Å². The number of rotatable bonds is 41. The zero-order valence-corrected chi connectivity index (χ0v) is 44.7. The predicted molar refractivity (Wildman–Crippen MR) is 239 cm³/mol. The molecule has 57 heavy (non-hydrogen) atoms. The first-order valence-electron chi connectivity index (χ1n) is 24.3. The summed E-state index contributed by atoms with van der Waals surface area (Å²) >= 11 is 0. The van der Waals surface area contributed by atoms with Crippen LogP contribution in [0.25, 0.3) is 0 Å². The predicted octanol–water partition coefficient (Wildman–Crippen LogP) is 12.9. The van der Waals surface area contributed by atoms with Gasteiger partial charge in [0.25, 0.3) is 0 Å². The average molecular weight is 1160 g/mol. The largest absolute Gasteiger partial charge is 0.466 e. The van der Waals surface area contributed by atoms with E-state index in [0.29, 0.717) is 19.8 Å². The van der Waals surface area contributed by atoms with Gasteiger partial charge in [-0.25, -0.2) is 0 Å². The van der Waals surface area contributed by atoms with Gasteiger partial charge in [-0.05, 0) is 83.8 Å². The normalized spacial score (nSPS) is 11.8. The fourth-order valence-electron chi connectivity index (χ4n) is 6.81. The Morgan fingerprint density at radius 3 is 1.00 bits per heavy atom. The molecular weight excluding hydrogens is 1050 g/mol. The zero-order chi connectivity index (χ0) is 41.3. The van der Waals surface area contributed by atoms with Crippen LogP contribution < -0.4 is 0 Å². The number of hydrogen-bond donors (Lipinski definition) is 4. The Morgan fingerprint density at radius 2 is 0.684 bits per heavy atom. The first-order chi connectivity index (χ1) is 26.8. The second-order valence-electron chi connectivity index (χ2n) is 16.3. The van der Waals surface area contributed by atoms with Gasteiger partial charge in [0.15, 0.2) is 0 Å². The molecule has 0 aliphatic carbocycles. The third kappa shape index (κ3) is 65.9. The van der Waals surface area contributed by atoms with Gasteiger partial charge in [-0.15, -0.1) is 0 Å². The van der Waals surface area contributed by atoms with Gasteiger partial charge >= 0.3 is 5.97 Å². The van der Waals surface area contributed by atoms with E-state index >= 15 is 0 Å². The molecule has 0 saturated carbocycles. The second kappa shape index (κ2) is 60.9. The van der Waals surface area contributed by atoms with Crippen molar-refractivity contribution < 1.29 is 72.1 Å². The molecule has 7 nitrogen and oxygen atoms in total. The molecule has 0 aliphatic heterocycles. The molecule has 346 valence electrons. The molecule has 0 aromatic heterocycles. The number of unbranched alkanes of at least 4 members (excludes halogenated alkanes) is 23. The van der Waals surface area contributed by atoms with E-state index in [1.54, 1.807) is 0 Å². The van der Waals surface area contributed by atoms with E-state index in [0.717, 1.165) is 83.8 Å². The zero-order valence-electron chi connectivity index (χ0n) is 38.8. The van der Waals surface area contributed by atoms with Crippen LogP contribution in [0.5, 0.6) is 0 Å². The summed E-state index contributed by atoms with van der Waals surface area (Å²) in [5, 5.41) is 37.1. The topological polar surface area (TPSA) is 110 Å². The van der Waals surface area contributed by atoms with E-state index in [1.807, 2.05) is 0 Å². The van der Waals surface area contributed by atoms with Crippen LogP contribution in [-0.4, -0.2) is 83.0 Å². The molecule has 0 heterocycles. The quantitative estimate of drug-likeness (QED) is 0.0357. The minimum atomic E-state index is -0.199. The Bertz CT molecular complexity index is 649. The van der Waals surface area contributed by atoms with Gasteiger partial charge in [-0.2, -0.15) is 0 Å². The summed E-state index contributed by atoms with van der Waals surface area (Å²) in [5.41, 5.74) is 0. The Balaban J connectivity index is -0.000000239. The van der Waals surface area contributed by atoms with Crippen molar-refractivity contribution in [1.29, 1.82) is 0 Å². The van der Waals surface area contributed by atoms with Crippen molar-refractivity contribution in [1.82, 2.24) is 4.90 Å². The molecule has 0 bridgehead atoms. The fraction of sp³-hybridized carbons (Fsp3) is 0.979. The van der Waals surface area contributed by atoms with Crippen LogP contribution in [0.4, 0.5) is 0 Å². The third-order valence-electron chi connectivity index (χ3n) is 10.5. The maximum absolute atomic E-state index is 10.7. The van der Waals surface area contributed by atoms with Crippen molar-refractivity contribution in [2.45, 2.75) is 265 Å². The maximum atomic E-state index is 10.7. The molecule has 0 aliphatic rings. The molecule has 0 fully saturated rings. The van der Waals surface area contributed by atoms with Crippen LogP contribution >= 0.6 is 0 Å². The molecule has 9 heteroatoms. The molecule has 2 unspecified atom stereocenters. The number of carbonyl (C=O) groups excluding carboxylic acids is 1. The van der Waals surface area contributed by atoms with E-state index in [4.69, 9.17) is 14.9 Å². The van der Waals surface area contributed by atoms with Crippen molar-refractivity contribution in [3.63, 3.8) is 0 Å². The Hall–Kier alpha value is 0.647. The summed E-state index contributed by atoms with van der Waals surface area (Å²) < 4.78 is 4.97. The van der Waals surface area contributed by atoms with Crippen LogP contribution in [0.2, 0.25) is 0 Å². The van der Waals surface area contributed by atoms with E-state index in [9.17, 15) is 15.0 Å². The van der Waals surface area contributed by atoms with Crippen molar-refractivity contribution in [3.05, 3.63) is 0 Å². The number of nitrogens with zero attached hydrogens (tertiary/aromatic N) is 1. The number of carbonyl (C=O) groups is 1. The van der Waals surface area contributed by atoms with Crippen LogP contribution in [0.3, 0.4) is 0 Å². The molecular formula is C48H101NO6W2. The minimum Gasteiger partial charge on any atom is -0.466 e. The second-order valence-corrected chi connectivity index (χ2v) is 16.3. The Morgan fingerprint density at radius 1 is 0.421 bits per heavy atom. The Kier molecular flexibility index (Phi) is 71.4. The molecule has 2 atom stereocenters. The fourth-order valence-corrected chi connectivity index (χ4v) is 6.81. The summed E-state index contributed by atoms with van der Waals surface area (Å²) in [6, 6.07) is 0. The number of aliphatic hydroxyl groups excluding tert-OH is 4. The van der Waals surface area contributed by atoms with E-state index in [-0.39, 0.29) is 60.3 Å². The summed E-state index contributed by atoms with van der Waals surface area (Å²) in [6.07, 6.45) is 40.9. The first-order valence-corrected chi connectivity index (χ1v) is 24.3. The third-order valence-corrected chi connectivity index (χ3v) is 10.5. The van der Waals surface area contributed by atoms with Crippen LogP contribution in [-0.2, 0) is 51.7 Å². The number of ether oxygens (including phenoxy) is 1. The monoisotopic (exact) mass is 1160 g/mol. The number of esters is 1. The Labute approximate surface area is 385 Å². The molecule has 0 aromatic carbocycles. The molecule has 4 N–H and O–H groups in total. The molecule has 0 saturated heterocycles. The molecule has 0 aromatic rings. The van der Waals surface area contributed by atoms with Gasteiger partial charge in [-0.1, -0.05) is 182 Å². The van der Waals surface area contributed by atoms with Crippen molar-refractivity contribution >= 4 is 5.97 Å². The van der Waals surface area contributed by atoms with E-state index < -0.39 is 0 Å². The first kappa shape index (κ1) is 66.7. The van der Waals surface area contributed by atoms with Gasteiger partial charge in [0.1, 0.15) is 0 Å². The summed E-state index contributed by atoms with van der Waals surface area (Å²) in [5.74, 6) is -0.199. The number of hydrogen-bond acceptors (Lipinski definition) is 7. The summed E-state index contributed by atoms with van der Waals surface area (Å²) in [6.45, 7) is 14.8. The standard InChI is InChI=1S/C18H37NO4.2C15H32O.2W/c1-18(22)23-17-11-8-14-19(12-6-2-4-9-15-20)13-7-3-5-10-16-21;2*1-3-5-7-9-10-12-14-15(16)13-11-8-6-4-2;;/h20-21H,2-17H2,1H3;2*15-16H,3-14H2,1-2H3;;. The van der Waals surface area contributed by atoms with Crippen LogP contribution in [0.15, 0.2) is 0 Å². The average Bonchev–Trinajstić information content (AvgIpc) is 3.17. The smallest absolute Gasteiger partial charge is 0.302 e. The molecule has 0 spiro atoms. The molecule has 0 rings (SSSR count). The maximum Gasteiger partial charge on any atom is 0.302 e. The summed E-state index contributed by atoms with van der Waals surface area (Å²) in [7, 11) is 0. The van der Waals surface area contributed by atoms with Gasteiger partial charge in [0.2, 0.25) is 0 Å². The van der Waals surface area contributed by atoms with Crippen LogP contribution in [0.1, 0.15) is 253 Å². The van der Waals surface area contributed by atoms with Crippen molar-refractivity contribution in [2.24, 2.45) is 0 Å². The van der Waals surface area contributed by atoms with Gasteiger partial charge in [0.05, 0.1) is 18.8 Å². The molecule has 0 amide bonds. The molecule has 0 radical (unpaired) electrons. The van der Waals surface area contributed by atoms with E-state index in [2.05, 4.69) is 32.6 Å². The minimum absolute atomic E-state index is 0. The van der Waals surface area contributed by atoms with Gasteiger partial charge in [-0.3, -0.25) is 4.79 Å². The summed E-state index contributed by atoms with van der Waals surface area (Å²) in [4.78, 5) is 13.2.